The molecule has 1 saturated heterocycles. The number of benzene rings is 2. The van der Waals surface area contributed by atoms with Gasteiger partial charge in [-0.1, -0.05) is 0 Å². The highest BCUT2D eigenvalue weighted by molar-refractivity contribution is 6.11. The van der Waals surface area contributed by atoms with E-state index >= 15 is 0 Å². The lowest BCUT2D eigenvalue weighted by atomic mass is 10.0. The van der Waals surface area contributed by atoms with Crippen LogP contribution in [0.15, 0.2) is 30.3 Å². The second kappa shape index (κ2) is 12.4. The SMILES string of the molecule is COc1ccc(C(=O)Nc2cc(OC)c(OC)c(OC)c2C(=O)CCCN2CCN(C)CC2)cc1. The number of nitrogens with zero attached hydrogens (tertiary/aromatic N) is 2. The average molecular weight is 486 g/mol. The highest BCUT2D eigenvalue weighted by atomic mass is 16.5. The van der Waals surface area contributed by atoms with Crippen LogP contribution < -0.4 is 24.3 Å². The van der Waals surface area contributed by atoms with Gasteiger partial charge < -0.3 is 34.1 Å². The lowest BCUT2D eigenvalue weighted by Gasteiger charge is -2.32. The first-order valence-corrected chi connectivity index (χ1v) is 11.6. The molecule has 1 aliphatic heterocycles. The van der Waals surface area contributed by atoms with Gasteiger partial charge in [-0.25, -0.2) is 0 Å². The monoisotopic (exact) mass is 485 g/mol. The summed E-state index contributed by atoms with van der Waals surface area (Å²) in [6.07, 6.45) is 1.01. The number of piperazine rings is 1. The minimum absolute atomic E-state index is 0.137. The van der Waals surface area contributed by atoms with E-state index in [9.17, 15) is 9.59 Å². The molecule has 1 fully saturated rings. The Morgan fingerprint density at radius 2 is 1.54 bits per heavy atom. The molecule has 2 aromatic rings. The lowest BCUT2D eigenvalue weighted by Crippen LogP contribution is -2.44. The van der Waals surface area contributed by atoms with Crippen molar-refractivity contribution in [2.45, 2.75) is 12.8 Å². The molecule has 0 spiro atoms. The zero-order chi connectivity index (χ0) is 25.4. The van der Waals surface area contributed by atoms with Gasteiger partial charge >= 0.3 is 0 Å². The van der Waals surface area contributed by atoms with Crippen LogP contribution in [0.25, 0.3) is 0 Å². The van der Waals surface area contributed by atoms with Gasteiger partial charge in [0.25, 0.3) is 5.91 Å². The van der Waals surface area contributed by atoms with Crippen LogP contribution in [0.1, 0.15) is 33.6 Å². The molecule has 190 valence electrons. The summed E-state index contributed by atoms with van der Waals surface area (Å²) in [5.74, 6) is 1.03. The van der Waals surface area contributed by atoms with Crippen LogP contribution in [0.3, 0.4) is 0 Å². The summed E-state index contributed by atoms with van der Waals surface area (Å²) < 4.78 is 21.7. The maximum atomic E-state index is 13.4. The number of rotatable bonds is 11. The third-order valence-electron chi connectivity index (χ3n) is 6.18. The summed E-state index contributed by atoms with van der Waals surface area (Å²) in [5.41, 5.74) is 1.00. The number of likely N-dealkylation sites (N-methyl/N-ethyl adjacent to an activating group) is 1. The van der Waals surface area contributed by atoms with Crippen LogP contribution in [-0.4, -0.2) is 89.7 Å². The van der Waals surface area contributed by atoms with Crippen molar-refractivity contribution >= 4 is 17.4 Å². The number of hydrogen-bond donors (Lipinski definition) is 1. The predicted octanol–water partition coefficient (Wildman–Crippen LogP) is 3.18. The second-order valence-corrected chi connectivity index (χ2v) is 8.42. The molecule has 0 aliphatic carbocycles. The van der Waals surface area contributed by atoms with Gasteiger partial charge in [0, 0.05) is 44.2 Å². The van der Waals surface area contributed by atoms with Gasteiger partial charge in [-0.3, -0.25) is 9.59 Å². The van der Waals surface area contributed by atoms with E-state index in [1.54, 1.807) is 37.4 Å². The Hall–Kier alpha value is -3.30. The number of Topliss-reactive ketones (excluding diaryl/α,β-unsaturated/α-hetero) is 1. The Balaban J connectivity index is 1.85. The Morgan fingerprint density at radius 3 is 2.11 bits per heavy atom. The Morgan fingerprint density at radius 1 is 0.886 bits per heavy atom. The van der Waals surface area contributed by atoms with E-state index in [2.05, 4.69) is 22.2 Å². The molecule has 0 atom stereocenters. The van der Waals surface area contributed by atoms with Gasteiger partial charge in [0.1, 0.15) is 5.75 Å². The Bertz CT molecular complexity index is 1020. The fourth-order valence-corrected chi connectivity index (χ4v) is 4.13. The van der Waals surface area contributed by atoms with Crippen molar-refractivity contribution in [1.29, 1.82) is 0 Å². The predicted molar refractivity (Wildman–Crippen MR) is 135 cm³/mol. The minimum atomic E-state index is -0.367. The van der Waals surface area contributed by atoms with E-state index in [-0.39, 0.29) is 23.0 Å². The first kappa shape index (κ1) is 26.3. The van der Waals surface area contributed by atoms with Crippen molar-refractivity contribution in [2.24, 2.45) is 0 Å². The Labute approximate surface area is 206 Å². The highest BCUT2D eigenvalue weighted by Crippen LogP contribution is 2.45. The number of amides is 1. The van der Waals surface area contributed by atoms with E-state index in [1.165, 1.54) is 21.3 Å². The number of carbonyl (C=O) groups is 2. The number of anilines is 1. The molecular formula is C26H35N3O6. The molecule has 0 radical (unpaired) electrons. The molecule has 0 aromatic heterocycles. The largest absolute Gasteiger partial charge is 0.497 e. The molecule has 35 heavy (non-hydrogen) atoms. The summed E-state index contributed by atoms with van der Waals surface area (Å²) in [6.45, 7) is 4.88. The Kier molecular flexibility index (Phi) is 9.33. The van der Waals surface area contributed by atoms with Crippen molar-refractivity contribution in [2.75, 3.05) is 73.5 Å². The van der Waals surface area contributed by atoms with E-state index < -0.39 is 0 Å². The number of methoxy groups -OCH3 is 4. The quantitative estimate of drug-likeness (QED) is 0.486. The zero-order valence-corrected chi connectivity index (χ0v) is 21.2. The fraction of sp³-hybridized carbons (Fsp3) is 0.462. The van der Waals surface area contributed by atoms with Gasteiger partial charge in [0.05, 0.1) is 39.7 Å². The van der Waals surface area contributed by atoms with Crippen LogP contribution >= 0.6 is 0 Å². The maximum Gasteiger partial charge on any atom is 0.255 e. The summed E-state index contributed by atoms with van der Waals surface area (Å²) >= 11 is 0. The maximum absolute atomic E-state index is 13.4. The van der Waals surface area contributed by atoms with Crippen LogP contribution in [0, 0.1) is 0 Å². The molecule has 1 N–H and O–H groups in total. The summed E-state index contributed by atoms with van der Waals surface area (Å²) in [5, 5.41) is 2.86. The number of nitrogens with one attached hydrogen (secondary N) is 1. The molecule has 1 aliphatic rings. The third kappa shape index (κ3) is 6.43. The number of hydrogen-bond acceptors (Lipinski definition) is 8. The third-order valence-corrected chi connectivity index (χ3v) is 6.18. The topological polar surface area (TPSA) is 89.6 Å². The second-order valence-electron chi connectivity index (χ2n) is 8.42. The molecule has 0 bridgehead atoms. The van der Waals surface area contributed by atoms with E-state index in [0.717, 1.165) is 32.7 Å². The molecule has 3 rings (SSSR count). The molecule has 9 heteroatoms. The summed E-state index contributed by atoms with van der Waals surface area (Å²) in [4.78, 5) is 31.1. The normalized spacial score (nSPS) is 14.3. The molecule has 0 saturated carbocycles. The van der Waals surface area contributed by atoms with Crippen molar-refractivity contribution < 1.29 is 28.5 Å². The molecule has 9 nitrogen and oxygen atoms in total. The smallest absolute Gasteiger partial charge is 0.255 e. The van der Waals surface area contributed by atoms with Gasteiger partial charge in [-0.2, -0.15) is 0 Å². The van der Waals surface area contributed by atoms with Gasteiger partial charge in [-0.05, 0) is 44.3 Å². The molecule has 0 unspecified atom stereocenters. The first-order valence-electron chi connectivity index (χ1n) is 11.6. The standard InChI is InChI=1S/C26H35N3O6/c1-28-13-15-29(16-14-28)12-6-7-21(30)23-20(17-22(33-3)24(34-4)25(23)35-5)27-26(31)18-8-10-19(32-2)11-9-18/h8-11,17H,6-7,12-16H2,1-5H3,(H,27,31). The van der Waals surface area contributed by atoms with E-state index in [0.29, 0.717) is 41.3 Å². The van der Waals surface area contributed by atoms with E-state index in [1.807, 2.05) is 0 Å². The van der Waals surface area contributed by atoms with Crippen molar-refractivity contribution in [1.82, 2.24) is 9.80 Å². The lowest BCUT2D eigenvalue weighted by molar-refractivity contribution is 0.0964. The molecule has 1 heterocycles. The summed E-state index contributed by atoms with van der Waals surface area (Å²) in [7, 11) is 8.12. The van der Waals surface area contributed by atoms with Crippen molar-refractivity contribution in [3.8, 4) is 23.0 Å². The zero-order valence-electron chi connectivity index (χ0n) is 21.2. The van der Waals surface area contributed by atoms with Gasteiger partial charge in [0.15, 0.2) is 17.3 Å². The summed E-state index contributed by atoms with van der Waals surface area (Å²) in [6, 6.07) is 8.31. The minimum Gasteiger partial charge on any atom is -0.497 e. The van der Waals surface area contributed by atoms with Gasteiger partial charge in [0.2, 0.25) is 5.75 Å². The number of carbonyl (C=O) groups excluding carboxylic acids is 2. The fourth-order valence-electron chi connectivity index (χ4n) is 4.13. The first-order chi connectivity index (χ1) is 16.9. The number of ketones is 1. The van der Waals surface area contributed by atoms with E-state index in [4.69, 9.17) is 18.9 Å². The van der Waals surface area contributed by atoms with Crippen molar-refractivity contribution in [3.63, 3.8) is 0 Å². The molecule has 2 aromatic carbocycles. The highest BCUT2D eigenvalue weighted by Gasteiger charge is 2.27. The average Bonchev–Trinajstić information content (AvgIpc) is 2.88. The van der Waals surface area contributed by atoms with Gasteiger partial charge in [-0.15, -0.1) is 0 Å². The van der Waals surface area contributed by atoms with Crippen LogP contribution in [0.5, 0.6) is 23.0 Å². The molecule has 1 amide bonds. The van der Waals surface area contributed by atoms with Crippen LogP contribution in [0.2, 0.25) is 0 Å². The van der Waals surface area contributed by atoms with Crippen molar-refractivity contribution in [3.05, 3.63) is 41.5 Å². The van der Waals surface area contributed by atoms with Crippen LogP contribution in [-0.2, 0) is 0 Å². The number of ether oxygens (including phenoxy) is 4. The van der Waals surface area contributed by atoms with Crippen LogP contribution in [0.4, 0.5) is 5.69 Å². The molecular weight excluding hydrogens is 450 g/mol.